The number of rotatable bonds is 3. The highest BCUT2D eigenvalue weighted by atomic mass is 79.9. The minimum atomic E-state index is -3.95. The first-order valence-electron chi connectivity index (χ1n) is 7.22. The summed E-state index contributed by atoms with van der Waals surface area (Å²) in [7, 11) is -3.95. The predicted octanol–water partition coefficient (Wildman–Crippen LogP) is 3.53. The fourth-order valence-electron chi connectivity index (χ4n) is 2.89. The topological polar surface area (TPSA) is 72.2 Å². The van der Waals surface area contributed by atoms with E-state index >= 15 is 0 Å². The van der Waals surface area contributed by atoms with Gasteiger partial charge in [0.15, 0.2) is 0 Å². The van der Waals surface area contributed by atoms with Crippen molar-refractivity contribution in [1.29, 1.82) is 0 Å². The third-order valence-corrected chi connectivity index (χ3v) is 5.94. The van der Waals surface area contributed by atoms with Crippen molar-refractivity contribution in [2.24, 2.45) is 0 Å². The van der Waals surface area contributed by atoms with E-state index < -0.39 is 15.8 Å². The number of nitrogens with two attached hydrogens (primary N) is 1. The van der Waals surface area contributed by atoms with Gasteiger partial charge < -0.3 is 5.73 Å². The summed E-state index contributed by atoms with van der Waals surface area (Å²) in [6.45, 7) is 0. The van der Waals surface area contributed by atoms with Crippen LogP contribution in [0, 0.1) is 5.82 Å². The molecule has 0 aliphatic heterocycles. The van der Waals surface area contributed by atoms with Gasteiger partial charge in [0.1, 0.15) is 10.7 Å². The second-order valence-corrected chi connectivity index (χ2v) is 8.20. The van der Waals surface area contributed by atoms with E-state index in [4.69, 9.17) is 5.73 Å². The number of hydrogen-bond donors (Lipinski definition) is 2. The average molecular weight is 399 g/mol. The molecule has 4 nitrogen and oxygen atoms in total. The van der Waals surface area contributed by atoms with E-state index in [1.165, 1.54) is 12.1 Å². The molecule has 1 aliphatic carbocycles. The molecule has 23 heavy (non-hydrogen) atoms. The summed E-state index contributed by atoms with van der Waals surface area (Å²) >= 11 is 3.17. The number of anilines is 1. The smallest absolute Gasteiger partial charge is 0.244 e. The first-order chi connectivity index (χ1) is 10.9. The molecule has 0 saturated carbocycles. The number of benzene rings is 2. The van der Waals surface area contributed by atoms with Crippen LogP contribution in [0.15, 0.2) is 45.8 Å². The Hall–Kier alpha value is -1.44. The van der Waals surface area contributed by atoms with E-state index in [0.29, 0.717) is 16.6 Å². The van der Waals surface area contributed by atoms with Crippen LogP contribution in [0.2, 0.25) is 0 Å². The van der Waals surface area contributed by atoms with Crippen molar-refractivity contribution in [3.63, 3.8) is 0 Å². The molecular weight excluding hydrogens is 383 g/mol. The second kappa shape index (κ2) is 6.22. The molecule has 3 N–H and O–H groups in total. The third-order valence-electron chi connectivity index (χ3n) is 3.96. The molecule has 1 aliphatic rings. The molecule has 0 bridgehead atoms. The van der Waals surface area contributed by atoms with Crippen LogP contribution in [-0.4, -0.2) is 8.42 Å². The lowest BCUT2D eigenvalue weighted by Crippen LogP contribution is -2.31. The van der Waals surface area contributed by atoms with Crippen LogP contribution in [0.3, 0.4) is 0 Å². The molecule has 0 radical (unpaired) electrons. The molecule has 2 aromatic rings. The van der Waals surface area contributed by atoms with Gasteiger partial charge in [0.2, 0.25) is 10.0 Å². The Balaban J connectivity index is 1.95. The Morgan fingerprint density at radius 2 is 2.00 bits per heavy atom. The molecule has 0 heterocycles. The van der Waals surface area contributed by atoms with Crippen LogP contribution in [0.5, 0.6) is 0 Å². The Kier molecular flexibility index (Phi) is 4.44. The van der Waals surface area contributed by atoms with E-state index in [9.17, 15) is 12.8 Å². The van der Waals surface area contributed by atoms with Crippen LogP contribution in [0.1, 0.15) is 30.0 Å². The third kappa shape index (κ3) is 3.41. The molecule has 3 rings (SSSR count). The van der Waals surface area contributed by atoms with Crippen LogP contribution < -0.4 is 10.5 Å². The standard InChI is InChI=1S/C16H16BrFN2O2S/c17-11-4-7-14(18)16(9-11)23(21,22)20-15-3-1-2-10-8-12(19)5-6-13(10)15/h4-9,15,20H,1-3,19H2. The van der Waals surface area contributed by atoms with Crippen molar-refractivity contribution < 1.29 is 12.8 Å². The van der Waals surface area contributed by atoms with Crippen molar-refractivity contribution >= 4 is 31.6 Å². The highest BCUT2D eigenvalue weighted by molar-refractivity contribution is 9.10. The zero-order valence-corrected chi connectivity index (χ0v) is 14.6. The highest BCUT2D eigenvalue weighted by Gasteiger charge is 2.27. The van der Waals surface area contributed by atoms with Gasteiger partial charge in [0, 0.05) is 16.2 Å². The zero-order valence-electron chi connectivity index (χ0n) is 12.2. The van der Waals surface area contributed by atoms with Crippen molar-refractivity contribution in [3.8, 4) is 0 Å². The lowest BCUT2D eigenvalue weighted by atomic mass is 9.88. The zero-order chi connectivity index (χ0) is 16.6. The summed E-state index contributed by atoms with van der Waals surface area (Å²) in [5.41, 5.74) is 8.39. The first kappa shape index (κ1) is 16.4. The summed E-state index contributed by atoms with van der Waals surface area (Å²) in [4.78, 5) is -0.352. The number of nitrogen functional groups attached to an aromatic ring is 1. The monoisotopic (exact) mass is 398 g/mol. The molecule has 0 spiro atoms. The van der Waals surface area contributed by atoms with Crippen molar-refractivity contribution in [2.75, 3.05) is 5.73 Å². The van der Waals surface area contributed by atoms with Crippen LogP contribution in [0.4, 0.5) is 10.1 Å². The molecule has 7 heteroatoms. The van der Waals surface area contributed by atoms with Gasteiger partial charge in [-0.1, -0.05) is 22.0 Å². The Morgan fingerprint density at radius 1 is 1.22 bits per heavy atom. The Morgan fingerprint density at radius 3 is 2.78 bits per heavy atom. The molecule has 0 amide bonds. The lowest BCUT2D eigenvalue weighted by Gasteiger charge is -2.26. The quantitative estimate of drug-likeness (QED) is 0.776. The lowest BCUT2D eigenvalue weighted by molar-refractivity contribution is 0.501. The number of sulfonamides is 1. The molecule has 122 valence electrons. The van der Waals surface area contributed by atoms with Crippen molar-refractivity contribution in [1.82, 2.24) is 4.72 Å². The maximum Gasteiger partial charge on any atom is 0.244 e. The van der Waals surface area contributed by atoms with Crippen LogP contribution in [-0.2, 0) is 16.4 Å². The molecule has 0 fully saturated rings. The number of hydrogen-bond acceptors (Lipinski definition) is 3. The summed E-state index contributed by atoms with van der Waals surface area (Å²) in [5.74, 6) is -0.769. The number of nitrogens with one attached hydrogen (secondary N) is 1. The summed E-state index contributed by atoms with van der Waals surface area (Å²) in [6, 6.07) is 8.96. The predicted molar refractivity (Wildman–Crippen MR) is 91.0 cm³/mol. The SMILES string of the molecule is Nc1ccc2c(c1)CCCC2NS(=O)(=O)c1cc(Br)ccc1F. The number of fused-ring (bicyclic) bond motifs is 1. The average Bonchev–Trinajstić information content (AvgIpc) is 2.49. The fourth-order valence-corrected chi connectivity index (χ4v) is 4.76. The largest absolute Gasteiger partial charge is 0.399 e. The van der Waals surface area contributed by atoms with E-state index in [0.717, 1.165) is 30.0 Å². The van der Waals surface area contributed by atoms with E-state index in [-0.39, 0.29) is 10.9 Å². The van der Waals surface area contributed by atoms with Gasteiger partial charge in [0.25, 0.3) is 0 Å². The second-order valence-electron chi connectivity index (χ2n) is 5.60. The number of halogens is 2. The van der Waals surface area contributed by atoms with Gasteiger partial charge in [-0.15, -0.1) is 0 Å². The molecule has 2 aromatic carbocycles. The molecule has 1 unspecified atom stereocenters. The first-order valence-corrected chi connectivity index (χ1v) is 9.50. The normalized spacial score (nSPS) is 17.7. The number of aryl methyl sites for hydroxylation is 1. The fraction of sp³-hybridized carbons (Fsp3) is 0.250. The maximum atomic E-state index is 13.9. The summed E-state index contributed by atoms with van der Waals surface area (Å²) in [5, 5.41) is 0. The van der Waals surface area contributed by atoms with E-state index in [1.54, 1.807) is 6.07 Å². The van der Waals surface area contributed by atoms with Gasteiger partial charge in [-0.25, -0.2) is 17.5 Å². The van der Waals surface area contributed by atoms with Gasteiger partial charge in [-0.3, -0.25) is 0 Å². The van der Waals surface area contributed by atoms with E-state index in [2.05, 4.69) is 20.7 Å². The Labute approximate surface area is 143 Å². The van der Waals surface area contributed by atoms with Gasteiger partial charge in [-0.05, 0) is 60.7 Å². The van der Waals surface area contributed by atoms with Crippen LogP contribution in [0.25, 0.3) is 0 Å². The Bertz CT molecular complexity index is 855. The summed E-state index contributed by atoms with van der Waals surface area (Å²) < 4.78 is 42.2. The van der Waals surface area contributed by atoms with Gasteiger partial charge in [-0.2, -0.15) is 0 Å². The van der Waals surface area contributed by atoms with Gasteiger partial charge >= 0.3 is 0 Å². The van der Waals surface area contributed by atoms with Crippen molar-refractivity contribution in [2.45, 2.75) is 30.2 Å². The molecule has 0 saturated heterocycles. The van der Waals surface area contributed by atoms with E-state index in [1.807, 2.05) is 12.1 Å². The van der Waals surface area contributed by atoms with Crippen LogP contribution >= 0.6 is 15.9 Å². The van der Waals surface area contributed by atoms with Gasteiger partial charge in [0.05, 0.1) is 0 Å². The minimum absolute atomic E-state index is 0.352. The highest BCUT2D eigenvalue weighted by Crippen LogP contribution is 2.32. The maximum absolute atomic E-state index is 13.9. The van der Waals surface area contributed by atoms with Crippen molar-refractivity contribution in [3.05, 3.63) is 57.8 Å². The minimum Gasteiger partial charge on any atom is -0.399 e. The molecular formula is C16H16BrFN2O2S. The molecule has 1 atom stereocenters. The summed E-state index contributed by atoms with van der Waals surface area (Å²) in [6.07, 6.45) is 2.39. The molecule has 0 aromatic heterocycles.